The van der Waals surface area contributed by atoms with E-state index in [9.17, 15) is 0 Å². The van der Waals surface area contributed by atoms with Crippen molar-refractivity contribution in [3.63, 3.8) is 0 Å². The van der Waals surface area contributed by atoms with E-state index in [2.05, 4.69) is 31.4 Å². The second-order valence-corrected chi connectivity index (χ2v) is 4.45. The van der Waals surface area contributed by atoms with Crippen LogP contribution in [0.3, 0.4) is 0 Å². The van der Waals surface area contributed by atoms with Crippen LogP contribution in [0.5, 0.6) is 0 Å². The molecule has 10 heavy (non-hydrogen) atoms. The highest BCUT2D eigenvalue weighted by atomic mass is 32.2. The van der Waals surface area contributed by atoms with E-state index in [4.69, 9.17) is 0 Å². The first-order chi connectivity index (χ1) is 4.72. The molecule has 0 aromatic heterocycles. The molecule has 3 heteroatoms. The number of rotatable bonds is 5. The second kappa shape index (κ2) is 6.38. The van der Waals surface area contributed by atoms with Crippen LogP contribution in [0.4, 0.5) is 0 Å². The summed E-state index contributed by atoms with van der Waals surface area (Å²) in [5, 5.41) is 0.659. The maximum Gasteiger partial charge on any atom is 0.0523 e. The Balaban J connectivity index is 3.31. The van der Waals surface area contributed by atoms with Gasteiger partial charge in [0.25, 0.3) is 0 Å². The molecule has 1 unspecified atom stereocenters. The monoisotopic (exact) mass is 179 g/mol. The molecule has 0 aromatic carbocycles. The summed E-state index contributed by atoms with van der Waals surface area (Å²) in [6, 6.07) is 0. The van der Waals surface area contributed by atoms with Crippen molar-refractivity contribution in [2.75, 3.05) is 31.9 Å². The van der Waals surface area contributed by atoms with Gasteiger partial charge in [-0.1, -0.05) is 0 Å². The van der Waals surface area contributed by atoms with Gasteiger partial charge in [-0.25, -0.2) is 0 Å². The van der Waals surface area contributed by atoms with Gasteiger partial charge in [-0.15, -0.1) is 11.8 Å². The predicted molar refractivity (Wildman–Crippen MR) is 54.0 cm³/mol. The van der Waals surface area contributed by atoms with E-state index < -0.39 is 0 Å². The van der Waals surface area contributed by atoms with Crippen LogP contribution in [0.1, 0.15) is 6.92 Å². The SMILES string of the molecule is CSCCN(C)C(C)SC. The van der Waals surface area contributed by atoms with Crippen molar-refractivity contribution < 1.29 is 0 Å². The Morgan fingerprint density at radius 1 is 1.40 bits per heavy atom. The first-order valence-electron chi connectivity index (χ1n) is 3.44. The molecule has 0 aliphatic carbocycles. The van der Waals surface area contributed by atoms with Gasteiger partial charge in [0.2, 0.25) is 0 Å². The van der Waals surface area contributed by atoms with Crippen molar-refractivity contribution in [2.45, 2.75) is 12.3 Å². The fourth-order valence-electron chi connectivity index (χ4n) is 0.597. The Labute approximate surface area is 72.9 Å². The van der Waals surface area contributed by atoms with Crippen molar-refractivity contribution >= 4 is 23.5 Å². The molecule has 0 aromatic rings. The van der Waals surface area contributed by atoms with Gasteiger partial charge in [-0.2, -0.15) is 11.8 Å². The molecular weight excluding hydrogens is 162 g/mol. The normalized spacial score (nSPS) is 14.1. The minimum absolute atomic E-state index is 0.659. The summed E-state index contributed by atoms with van der Waals surface area (Å²) in [6.45, 7) is 3.44. The third-order valence-electron chi connectivity index (χ3n) is 1.61. The molecule has 0 spiro atoms. The Kier molecular flexibility index (Phi) is 6.80. The average Bonchev–Trinajstić information content (AvgIpc) is 1.98. The third kappa shape index (κ3) is 4.47. The van der Waals surface area contributed by atoms with Gasteiger partial charge in [0, 0.05) is 12.3 Å². The van der Waals surface area contributed by atoms with E-state index in [1.165, 1.54) is 12.3 Å². The summed E-state index contributed by atoms with van der Waals surface area (Å²) in [7, 11) is 2.18. The van der Waals surface area contributed by atoms with Crippen LogP contribution in [0.25, 0.3) is 0 Å². The fourth-order valence-corrected chi connectivity index (χ4v) is 1.53. The van der Waals surface area contributed by atoms with Crippen LogP contribution < -0.4 is 0 Å². The molecule has 0 fully saturated rings. The number of hydrogen-bond acceptors (Lipinski definition) is 3. The largest absolute Gasteiger partial charge is 0.294 e. The zero-order valence-electron chi connectivity index (χ0n) is 7.26. The lowest BCUT2D eigenvalue weighted by Crippen LogP contribution is -2.28. The lowest BCUT2D eigenvalue weighted by atomic mass is 10.6. The maximum absolute atomic E-state index is 2.38. The molecule has 0 aliphatic rings. The van der Waals surface area contributed by atoms with E-state index in [1.54, 1.807) is 0 Å². The first kappa shape index (κ1) is 10.7. The molecule has 0 amide bonds. The van der Waals surface area contributed by atoms with Crippen molar-refractivity contribution in [3.05, 3.63) is 0 Å². The van der Waals surface area contributed by atoms with E-state index >= 15 is 0 Å². The van der Waals surface area contributed by atoms with Crippen LogP contribution in [0.2, 0.25) is 0 Å². The first-order valence-corrected chi connectivity index (χ1v) is 6.12. The van der Waals surface area contributed by atoms with Crippen LogP contribution >= 0.6 is 23.5 Å². The summed E-state index contributed by atoms with van der Waals surface area (Å²) >= 11 is 3.81. The summed E-state index contributed by atoms with van der Waals surface area (Å²) in [5.74, 6) is 1.24. The molecule has 0 N–H and O–H groups in total. The molecule has 1 nitrogen and oxygen atoms in total. The summed E-state index contributed by atoms with van der Waals surface area (Å²) in [5.41, 5.74) is 0. The quantitative estimate of drug-likeness (QED) is 0.594. The highest BCUT2D eigenvalue weighted by Crippen LogP contribution is 2.09. The summed E-state index contributed by atoms with van der Waals surface area (Å²) in [4.78, 5) is 2.38. The summed E-state index contributed by atoms with van der Waals surface area (Å²) in [6.07, 6.45) is 4.30. The number of hydrogen-bond donors (Lipinski definition) is 0. The standard InChI is InChI=1S/C7H17NS2/c1-7(10-4)8(2)5-6-9-3/h7H,5-6H2,1-4H3. The molecule has 0 radical (unpaired) electrons. The van der Waals surface area contributed by atoms with Crippen molar-refractivity contribution in [1.29, 1.82) is 0 Å². The minimum Gasteiger partial charge on any atom is -0.294 e. The van der Waals surface area contributed by atoms with Gasteiger partial charge in [0.1, 0.15) is 0 Å². The second-order valence-electron chi connectivity index (χ2n) is 2.31. The maximum atomic E-state index is 2.38. The van der Waals surface area contributed by atoms with Gasteiger partial charge in [-0.05, 0) is 26.5 Å². The smallest absolute Gasteiger partial charge is 0.0523 e. The molecule has 0 aliphatic heterocycles. The lowest BCUT2D eigenvalue weighted by Gasteiger charge is -2.21. The van der Waals surface area contributed by atoms with Gasteiger partial charge in [0.05, 0.1) is 5.37 Å². The van der Waals surface area contributed by atoms with Gasteiger partial charge >= 0.3 is 0 Å². The molecular formula is C7H17NS2. The van der Waals surface area contributed by atoms with Crippen molar-refractivity contribution in [3.8, 4) is 0 Å². The van der Waals surface area contributed by atoms with E-state index in [-0.39, 0.29) is 0 Å². The van der Waals surface area contributed by atoms with Crippen LogP contribution in [-0.2, 0) is 0 Å². The molecule has 0 heterocycles. The Hall–Kier alpha value is 0.660. The topological polar surface area (TPSA) is 3.24 Å². The molecule has 0 rings (SSSR count). The van der Waals surface area contributed by atoms with E-state index in [1.807, 2.05) is 23.5 Å². The fraction of sp³-hybridized carbons (Fsp3) is 1.00. The Morgan fingerprint density at radius 2 is 2.00 bits per heavy atom. The highest BCUT2D eigenvalue weighted by Gasteiger charge is 2.04. The van der Waals surface area contributed by atoms with Crippen molar-refractivity contribution in [2.24, 2.45) is 0 Å². The van der Waals surface area contributed by atoms with Crippen molar-refractivity contribution in [1.82, 2.24) is 4.90 Å². The zero-order valence-corrected chi connectivity index (χ0v) is 8.89. The van der Waals surface area contributed by atoms with Gasteiger partial charge < -0.3 is 0 Å². The lowest BCUT2D eigenvalue weighted by molar-refractivity contribution is 0.350. The van der Waals surface area contributed by atoms with E-state index in [0.717, 1.165) is 0 Å². The van der Waals surface area contributed by atoms with Gasteiger partial charge in [-0.3, -0.25) is 4.90 Å². The van der Waals surface area contributed by atoms with Gasteiger partial charge in [0.15, 0.2) is 0 Å². The summed E-state index contributed by atoms with van der Waals surface area (Å²) < 4.78 is 0. The molecule has 1 atom stereocenters. The molecule has 62 valence electrons. The van der Waals surface area contributed by atoms with Crippen LogP contribution in [0.15, 0.2) is 0 Å². The average molecular weight is 179 g/mol. The number of nitrogens with zero attached hydrogens (tertiary/aromatic N) is 1. The van der Waals surface area contributed by atoms with E-state index in [0.29, 0.717) is 5.37 Å². The minimum atomic E-state index is 0.659. The predicted octanol–water partition coefficient (Wildman–Crippen LogP) is 1.99. The van der Waals surface area contributed by atoms with Crippen LogP contribution in [0, 0.1) is 0 Å². The highest BCUT2D eigenvalue weighted by molar-refractivity contribution is 7.99. The van der Waals surface area contributed by atoms with Crippen LogP contribution in [-0.4, -0.2) is 42.1 Å². The zero-order chi connectivity index (χ0) is 7.98. The third-order valence-corrected chi connectivity index (χ3v) is 3.24. The Morgan fingerprint density at radius 3 is 2.40 bits per heavy atom. The Bertz CT molecular complexity index is 78.0. The molecule has 0 saturated heterocycles. The number of thioether (sulfide) groups is 2. The molecule has 0 saturated carbocycles. The molecule has 0 bridgehead atoms.